The van der Waals surface area contributed by atoms with E-state index in [1.165, 1.54) is 0 Å². The number of carbonyl (C=O) groups excluding carboxylic acids is 2. The van der Waals surface area contributed by atoms with E-state index in [-0.39, 0.29) is 29.5 Å². The van der Waals surface area contributed by atoms with Crippen LogP contribution in [0.15, 0.2) is 35.5 Å². The van der Waals surface area contributed by atoms with Gasteiger partial charge in [0.25, 0.3) is 0 Å². The van der Waals surface area contributed by atoms with Gasteiger partial charge in [-0.3, -0.25) is 9.52 Å². The Morgan fingerprint density at radius 1 is 1.29 bits per heavy atom. The third-order valence-electron chi connectivity index (χ3n) is 8.34. The molecule has 1 heterocycles. The second-order valence-corrected chi connectivity index (χ2v) is 12.4. The number of allylic oxidation sites excluding steroid dienone is 1. The number of ether oxygens (including phenoxy) is 1. The molecule has 2 fully saturated rings. The van der Waals surface area contributed by atoms with Crippen LogP contribution in [0, 0.1) is 16.7 Å². The summed E-state index contributed by atoms with van der Waals surface area (Å²) in [5.74, 6) is -0.316. The summed E-state index contributed by atoms with van der Waals surface area (Å²) in [7, 11) is -1.98. The second kappa shape index (κ2) is 8.89. The van der Waals surface area contributed by atoms with Gasteiger partial charge < -0.3 is 15.0 Å². The maximum absolute atomic E-state index is 13.1. The summed E-state index contributed by atoms with van der Waals surface area (Å²) in [4.78, 5) is 27.2. The van der Waals surface area contributed by atoms with Crippen LogP contribution in [0.25, 0.3) is 0 Å². The van der Waals surface area contributed by atoms with Gasteiger partial charge in [0.05, 0.1) is 29.4 Å². The van der Waals surface area contributed by atoms with Gasteiger partial charge >= 0.3 is 5.97 Å². The van der Waals surface area contributed by atoms with E-state index >= 15 is 0 Å². The van der Waals surface area contributed by atoms with Gasteiger partial charge in [-0.2, -0.15) is 0 Å². The smallest absolute Gasteiger partial charge is 0.338 e. The Morgan fingerprint density at radius 2 is 1.94 bits per heavy atom. The van der Waals surface area contributed by atoms with Crippen molar-refractivity contribution in [2.24, 2.45) is 16.7 Å². The van der Waals surface area contributed by atoms with Crippen molar-refractivity contribution in [2.45, 2.75) is 53.0 Å². The van der Waals surface area contributed by atoms with Crippen molar-refractivity contribution in [1.82, 2.24) is 10.2 Å². The van der Waals surface area contributed by atoms with Crippen molar-refractivity contribution in [2.75, 3.05) is 24.1 Å². The van der Waals surface area contributed by atoms with E-state index in [0.717, 1.165) is 12.0 Å². The maximum atomic E-state index is 13.1. The zero-order valence-electron chi connectivity index (χ0n) is 20.8. The number of hydrogen-bond acceptors (Lipinski definition) is 6. The summed E-state index contributed by atoms with van der Waals surface area (Å²) >= 11 is 5.41. The molecule has 2 bridgehead atoms. The molecule has 0 aromatic heterocycles. The molecular weight excluding hydrogens is 486 g/mol. The van der Waals surface area contributed by atoms with Crippen LogP contribution in [-0.2, 0) is 24.3 Å². The molecule has 190 valence electrons. The van der Waals surface area contributed by atoms with E-state index in [4.69, 9.17) is 17.0 Å². The van der Waals surface area contributed by atoms with Crippen LogP contribution in [0.3, 0.4) is 0 Å². The summed E-state index contributed by atoms with van der Waals surface area (Å²) in [6.07, 6.45) is 1.98. The van der Waals surface area contributed by atoms with Crippen molar-refractivity contribution in [3.05, 3.63) is 41.1 Å². The Labute approximate surface area is 212 Å². The second-order valence-electron chi connectivity index (χ2n) is 10.3. The average molecular weight is 520 g/mol. The predicted molar refractivity (Wildman–Crippen MR) is 138 cm³/mol. The van der Waals surface area contributed by atoms with E-state index in [2.05, 4.69) is 10.0 Å². The van der Waals surface area contributed by atoms with Crippen molar-refractivity contribution < 1.29 is 22.7 Å². The Hall–Kier alpha value is -2.46. The quantitative estimate of drug-likeness (QED) is 0.417. The predicted octanol–water partition coefficient (Wildman–Crippen LogP) is 3.52. The number of esters is 1. The number of benzene rings is 1. The van der Waals surface area contributed by atoms with Gasteiger partial charge in [0, 0.05) is 24.9 Å². The highest BCUT2D eigenvalue weighted by Crippen LogP contribution is 2.64. The van der Waals surface area contributed by atoms with Crippen LogP contribution in [-0.4, -0.2) is 49.6 Å². The molecule has 1 aromatic carbocycles. The van der Waals surface area contributed by atoms with Gasteiger partial charge in [0.15, 0.2) is 5.11 Å². The first-order valence-corrected chi connectivity index (χ1v) is 13.9. The molecule has 4 rings (SSSR count). The van der Waals surface area contributed by atoms with E-state index in [1.807, 2.05) is 20.8 Å². The van der Waals surface area contributed by atoms with Crippen LogP contribution in [0.5, 0.6) is 0 Å². The van der Waals surface area contributed by atoms with Gasteiger partial charge in [0.1, 0.15) is 5.78 Å². The Bertz CT molecular complexity index is 1210. The first-order chi connectivity index (χ1) is 16.3. The Kier molecular flexibility index (Phi) is 6.51. The number of ketones is 1. The monoisotopic (exact) mass is 519 g/mol. The number of fused-ring (bicyclic) bond motifs is 2. The fourth-order valence-electron chi connectivity index (χ4n) is 5.95. The highest BCUT2D eigenvalue weighted by molar-refractivity contribution is 7.92. The fourth-order valence-corrected chi connectivity index (χ4v) is 8.10. The molecule has 1 aromatic rings. The normalized spacial score (nSPS) is 27.7. The van der Waals surface area contributed by atoms with Crippen molar-refractivity contribution in [1.29, 1.82) is 0 Å². The molecule has 0 amide bonds. The number of Topliss-reactive ketones (excluding diaryl/α,β-unsaturated/α-hetero) is 1. The van der Waals surface area contributed by atoms with Crippen LogP contribution in [0.4, 0.5) is 5.69 Å². The molecule has 3 unspecified atom stereocenters. The number of anilines is 1. The van der Waals surface area contributed by atoms with Crippen molar-refractivity contribution >= 4 is 44.8 Å². The van der Waals surface area contributed by atoms with Gasteiger partial charge in [0.2, 0.25) is 10.0 Å². The SMILES string of the molecule is CCOC(=O)C1=C(C)N(C)C(=S)NC1c1ccc(NS(=O)(=O)CC23CCC(CC2=O)C3(C)C)cc1. The molecule has 2 saturated carbocycles. The molecule has 10 heteroatoms. The van der Waals surface area contributed by atoms with Crippen LogP contribution in [0.2, 0.25) is 0 Å². The summed E-state index contributed by atoms with van der Waals surface area (Å²) in [6, 6.07) is 6.31. The minimum absolute atomic E-state index is 0.0671. The van der Waals surface area contributed by atoms with Crippen molar-refractivity contribution in [3.8, 4) is 0 Å². The molecule has 2 aliphatic carbocycles. The largest absolute Gasteiger partial charge is 0.463 e. The van der Waals surface area contributed by atoms with E-state index < -0.39 is 27.4 Å². The molecule has 0 radical (unpaired) electrons. The highest BCUT2D eigenvalue weighted by atomic mass is 32.2. The lowest BCUT2D eigenvalue weighted by atomic mass is 9.70. The van der Waals surface area contributed by atoms with E-state index in [0.29, 0.717) is 34.9 Å². The Balaban J connectivity index is 1.55. The Morgan fingerprint density at radius 3 is 2.49 bits per heavy atom. The van der Waals surface area contributed by atoms with Gasteiger partial charge in [-0.25, -0.2) is 13.2 Å². The number of hydrogen-bond donors (Lipinski definition) is 2. The molecule has 0 saturated heterocycles. The highest BCUT2D eigenvalue weighted by Gasteiger charge is 2.65. The lowest BCUT2D eigenvalue weighted by Gasteiger charge is -2.36. The zero-order valence-corrected chi connectivity index (χ0v) is 22.4. The third kappa shape index (κ3) is 4.24. The van der Waals surface area contributed by atoms with E-state index in [9.17, 15) is 18.0 Å². The van der Waals surface area contributed by atoms with Crippen LogP contribution >= 0.6 is 12.2 Å². The average Bonchev–Trinajstić information content (AvgIpc) is 3.11. The van der Waals surface area contributed by atoms with Crippen molar-refractivity contribution in [3.63, 3.8) is 0 Å². The molecule has 8 nitrogen and oxygen atoms in total. The number of carbonyl (C=O) groups is 2. The minimum atomic E-state index is -3.76. The summed E-state index contributed by atoms with van der Waals surface area (Å²) in [5, 5.41) is 3.65. The van der Waals surface area contributed by atoms with E-state index in [1.54, 1.807) is 43.1 Å². The number of sulfonamides is 1. The maximum Gasteiger partial charge on any atom is 0.338 e. The van der Waals surface area contributed by atoms with Gasteiger partial charge in [-0.15, -0.1) is 0 Å². The minimum Gasteiger partial charge on any atom is -0.463 e. The first-order valence-electron chi connectivity index (χ1n) is 11.9. The number of nitrogens with one attached hydrogen (secondary N) is 2. The molecule has 35 heavy (non-hydrogen) atoms. The fraction of sp³-hybridized carbons (Fsp3) is 0.560. The molecule has 0 spiro atoms. The van der Waals surface area contributed by atoms with Gasteiger partial charge in [-0.05, 0) is 67.9 Å². The molecule has 2 N–H and O–H groups in total. The van der Waals surface area contributed by atoms with Crippen LogP contribution < -0.4 is 10.0 Å². The summed E-state index contributed by atoms with van der Waals surface area (Å²) < 4.78 is 34.2. The molecule has 3 aliphatic rings. The van der Waals surface area contributed by atoms with Gasteiger partial charge in [-0.1, -0.05) is 26.0 Å². The first kappa shape index (κ1) is 25.6. The number of rotatable bonds is 7. The summed E-state index contributed by atoms with van der Waals surface area (Å²) in [5.41, 5.74) is 1.14. The molecule has 1 aliphatic heterocycles. The zero-order chi connectivity index (χ0) is 25.8. The third-order valence-corrected chi connectivity index (χ3v) is 10.2. The topological polar surface area (TPSA) is 105 Å². The standard InChI is InChI=1S/C25H33N3O5S2/c1-6-33-22(30)20-15(2)28(5)23(34)26-21(20)16-7-9-18(10-8-16)27-35(31,32)14-25-12-11-17(13-19(25)29)24(25,3)4/h7-10,17,21,27H,6,11-14H2,1-5H3,(H,26,34). The number of nitrogens with zero attached hydrogens (tertiary/aromatic N) is 1. The molecular formula is C25H33N3O5S2. The lowest BCUT2D eigenvalue weighted by Crippen LogP contribution is -2.46. The lowest BCUT2D eigenvalue weighted by molar-refractivity contribution is -0.139. The number of thiocarbonyl (C=S) groups is 1. The van der Waals surface area contributed by atoms with Crippen LogP contribution in [0.1, 0.15) is 58.6 Å². The summed E-state index contributed by atoms with van der Waals surface area (Å²) in [6.45, 7) is 7.86. The molecule has 3 atom stereocenters.